The quantitative estimate of drug-likeness (QED) is 0.779. The molecule has 0 aliphatic heterocycles. The minimum absolute atomic E-state index is 0.0809. The number of amides is 1. The molecule has 0 heterocycles. The minimum atomic E-state index is -0.636. The lowest BCUT2D eigenvalue weighted by atomic mass is 10.1. The van der Waals surface area contributed by atoms with Gasteiger partial charge in [-0.1, -0.05) is 11.6 Å². The highest BCUT2D eigenvalue weighted by Gasteiger charge is 2.21. The highest BCUT2D eigenvalue weighted by molar-refractivity contribution is 6.31. The molecule has 3 nitrogen and oxygen atoms in total. The van der Waals surface area contributed by atoms with Crippen LogP contribution in [0.25, 0.3) is 0 Å². The van der Waals surface area contributed by atoms with Crippen LogP contribution in [0.1, 0.15) is 24.2 Å². The van der Waals surface area contributed by atoms with E-state index in [1.807, 2.05) is 6.07 Å². The van der Waals surface area contributed by atoms with Gasteiger partial charge >= 0.3 is 0 Å². The van der Waals surface area contributed by atoms with Crippen molar-refractivity contribution in [3.8, 4) is 6.07 Å². The summed E-state index contributed by atoms with van der Waals surface area (Å²) >= 11 is 5.72. The third kappa shape index (κ3) is 3.18. The molecule has 1 rings (SSSR count). The Morgan fingerprint density at radius 1 is 1.59 bits per heavy atom. The number of halogens is 2. The van der Waals surface area contributed by atoms with Crippen LogP contribution in [-0.4, -0.2) is 23.4 Å². The monoisotopic (exact) mass is 254 g/mol. The normalized spacial score (nSPS) is 10.1. The predicted molar refractivity (Wildman–Crippen MR) is 63.2 cm³/mol. The standard InChI is InChI=1S/C12H12ClFN2O/c1-8(2)16(6-5-15)12(17)10-7-9(13)3-4-11(10)14/h3-4,7-8H,6H2,1-2H3. The van der Waals surface area contributed by atoms with Crippen LogP contribution >= 0.6 is 11.6 Å². The van der Waals surface area contributed by atoms with Crippen molar-refractivity contribution in [2.75, 3.05) is 6.54 Å². The number of rotatable bonds is 3. The second kappa shape index (κ2) is 5.65. The first-order valence-corrected chi connectivity index (χ1v) is 5.48. The highest BCUT2D eigenvalue weighted by atomic mass is 35.5. The predicted octanol–water partition coefficient (Wildman–Crippen LogP) is 2.85. The molecule has 0 unspecified atom stereocenters. The molecule has 1 aromatic carbocycles. The van der Waals surface area contributed by atoms with Gasteiger partial charge in [0.1, 0.15) is 12.4 Å². The second-order valence-corrected chi connectivity index (χ2v) is 4.25. The third-order valence-corrected chi connectivity index (χ3v) is 2.52. The molecule has 17 heavy (non-hydrogen) atoms. The molecule has 0 aromatic heterocycles. The molecular formula is C12H12ClFN2O. The zero-order valence-corrected chi connectivity index (χ0v) is 10.3. The Kier molecular flexibility index (Phi) is 4.47. The van der Waals surface area contributed by atoms with Gasteiger partial charge in [0.05, 0.1) is 11.6 Å². The topological polar surface area (TPSA) is 44.1 Å². The maximum Gasteiger partial charge on any atom is 0.257 e. The highest BCUT2D eigenvalue weighted by Crippen LogP contribution is 2.17. The van der Waals surface area contributed by atoms with E-state index < -0.39 is 11.7 Å². The van der Waals surface area contributed by atoms with E-state index in [0.29, 0.717) is 0 Å². The molecule has 0 atom stereocenters. The second-order valence-electron chi connectivity index (χ2n) is 3.81. The molecular weight excluding hydrogens is 243 g/mol. The van der Waals surface area contributed by atoms with E-state index in [0.717, 1.165) is 6.07 Å². The first-order valence-electron chi connectivity index (χ1n) is 5.10. The van der Waals surface area contributed by atoms with Gasteiger partial charge in [0.25, 0.3) is 5.91 Å². The smallest absolute Gasteiger partial charge is 0.257 e. The molecule has 1 aromatic rings. The lowest BCUT2D eigenvalue weighted by Gasteiger charge is -2.24. The van der Waals surface area contributed by atoms with Crippen LogP contribution in [0.3, 0.4) is 0 Å². The number of carbonyl (C=O) groups excluding carboxylic acids is 1. The summed E-state index contributed by atoms with van der Waals surface area (Å²) in [6.45, 7) is 3.44. The van der Waals surface area contributed by atoms with Crippen molar-refractivity contribution in [2.45, 2.75) is 19.9 Å². The molecule has 0 N–H and O–H groups in total. The molecule has 0 aliphatic carbocycles. The van der Waals surface area contributed by atoms with Crippen LogP contribution in [-0.2, 0) is 0 Å². The van der Waals surface area contributed by atoms with Gasteiger partial charge in [-0.2, -0.15) is 5.26 Å². The fourth-order valence-corrected chi connectivity index (χ4v) is 1.55. The summed E-state index contributed by atoms with van der Waals surface area (Å²) in [4.78, 5) is 13.3. The molecule has 0 saturated carbocycles. The van der Waals surface area contributed by atoms with Crippen molar-refractivity contribution >= 4 is 17.5 Å². The summed E-state index contributed by atoms with van der Waals surface area (Å²) in [7, 11) is 0. The van der Waals surface area contributed by atoms with Crippen molar-refractivity contribution in [3.05, 3.63) is 34.6 Å². The van der Waals surface area contributed by atoms with E-state index in [1.165, 1.54) is 17.0 Å². The molecule has 90 valence electrons. The van der Waals surface area contributed by atoms with E-state index in [2.05, 4.69) is 0 Å². The SMILES string of the molecule is CC(C)N(CC#N)C(=O)c1cc(Cl)ccc1F. The molecule has 0 spiro atoms. The van der Waals surface area contributed by atoms with Crippen molar-refractivity contribution in [3.63, 3.8) is 0 Å². The summed E-state index contributed by atoms with van der Waals surface area (Å²) in [5.74, 6) is -1.16. The summed E-state index contributed by atoms with van der Waals surface area (Å²) < 4.78 is 13.5. The fraction of sp³-hybridized carbons (Fsp3) is 0.333. The van der Waals surface area contributed by atoms with Gasteiger partial charge in [-0.3, -0.25) is 4.79 Å². The van der Waals surface area contributed by atoms with Gasteiger partial charge in [-0.15, -0.1) is 0 Å². The van der Waals surface area contributed by atoms with Crippen molar-refractivity contribution < 1.29 is 9.18 Å². The number of benzene rings is 1. The lowest BCUT2D eigenvalue weighted by Crippen LogP contribution is -2.37. The number of nitrogens with zero attached hydrogens (tertiary/aromatic N) is 2. The number of carbonyl (C=O) groups is 1. The van der Waals surface area contributed by atoms with Crippen LogP contribution in [0.5, 0.6) is 0 Å². The van der Waals surface area contributed by atoms with Crippen molar-refractivity contribution in [2.24, 2.45) is 0 Å². The minimum Gasteiger partial charge on any atom is -0.323 e. The van der Waals surface area contributed by atoms with E-state index in [9.17, 15) is 9.18 Å². The van der Waals surface area contributed by atoms with E-state index in [-0.39, 0.29) is 23.2 Å². The molecule has 0 saturated heterocycles. The van der Waals surface area contributed by atoms with E-state index >= 15 is 0 Å². The Bertz CT molecular complexity index is 468. The molecule has 0 radical (unpaired) electrons. The Balaban J connectivity index is 3.10. The van der Waals surface area contributed by atoms with E-state index in [1.54, 1.807) is 13.8 Å². The molecule has 5 heteroatoms. The van der Waals surface area contributed by atoms with E-state index in [4.69, 9.17) is 16.9 Å². The van der Waals surface area contributed by atoms with Crippen LogP contribution in [0.2, 0.25) is 5.02 Å². The molecule has 0 bridgehead atoms. The zero-order valence-electron chi connectivity index (χ0n) is 9.58. The molecule has 1 amide bonds. The number of hydrogen-bond donors (Lipinski definition) is 0. The van der Waals surface area contributed by atoms with Gasteiger partial charge in [-0.05, 0) is 32.0 Å². The number of hydrogen-bond acceptors (Lipinski definition) is 2. The van der Waals surface area contributed by atoms with Crippen LogP contribution < -0.4 is 0 Å². The first-order chi connectivity index (χ1) is 7.97. The Labute approximate surface area is 104 Å². The van der Waals surface area contributed by atoms with Gasteiger partial charge in [0.15, 0.2) is 0 Å². The van der Waals surface area contributed by atoms with Gasteiger partial charge in [0, 0.05) is 11.1 Å². The molecule has 0 aliphatic rings. The maximum absolute atomic E-state index is 13.5. The molecule has 0 fully saturated rings. The average Bonchev–Trinajstić information content (AvgIpc) is 2.28. The van der Waals surface area contributed by atoms with Crippen LogP contribution in [0.15, 0.2) is 18.2 Å². The Hall–Kier alpha value is -1.60. The van der Waals surface area contributed by atoms with Crippen molar-refractivity contribution in [1.82, 2.24) is 4.90 Å². The summed E-state index contributed by atoms with van der Waals surface area (Å²) in [5.41, 5.74) is -0.110. The average molecular weight is 255 g/mol. The van der Waals surface area contributed by atoms with Gasteiger partial charge in [-0.25, -0.2) is 4.39 Å². The summed E-state index contributed by atoms with van der Waals surface area (Å²) in [5, 5.41) is 8.93. The summed E-state index contributed by atoms with van der Waals surface area (Å²) in [6.07, 6.45) is 0. The Morgan fingerprint density at radius 3 is 2.76 bits per heavy atom. The number of nitriles is 1. The van der Waals surface area contributed by atoms with Crippen LogP contribution in [0, 0.1) is 17.1 Å². The fourth-order valence-electron chi connectivity index (χ4n) is 1.38. The lowest BCUT2D eigenvalue weighted by molar-refractivity contribution is 0.0726. The van der Waals surface area contributed by atoms with Crippen LogP contribution in [0.4, 0.5) is 4.39 Å². The first kappa shape index (κ1) is 13.5. The largest absolute Gasteiger partial charge is 0.323 e. The zero-order chi connectivity index (χ0) is 13.0. The summed E-state index contributed by atoms with van der Waals surface area (Å²) in [6, 6.07) is 5.49. The van der Waals surface area contributed by atoms with Crippen molar-refractivity contribution in [1.29, 1.82) is 5.26 Å². The Morgan fingerprint density at radius 2 is 2.24 bits per heavy atom. The van der Waals surface area contributed by atoms with Gasteiger partial charge < -0.3 is 4.90 Å². The maximum atomic E-state index is 13.5. The third-order valence-electron chi connectivity index (χ3n) is 2.28. The van der Waals surface area contributed by atoms with Gasteiger partial charge in [0.2, 0.25) is 0 Å².